The number of rotatable bonds is 8. The van der Waals surface area contributed by atoms with Gasteiger partial charge in [-0.1, -0.05) is 53.4 Å². The zero-order valence-corrected chi connectivity index (χ0v) is 16.3. The molecule has 0 saturated heterocycles. The van der Waals surface area contributed by atoms with Gasteiger partial charge in [-0.2, -0.15) is 0 Å². The van der Waals surface area contributed by atoms with Crippen LogP contribution in [0.25, 0.3) is 0 Å². The Morgan fingerprint density at radius 3 is 1.53 bits per heavy atom. The fourth-order valence-electron chi connectivity index (χ4n) is 1.56. The molecule has 2 unspecified atom stereocenters. The van der Waals surface area contributed by atoms with Crippen molar-refractivity contribution in [3.05, 3.63) is 0 Å². The number of hydrogen-bond acceptors (Lipinski definition) is 3. The van der Waals surface area contributed by atoms with Gasteiger partial charge >= 0.3 is 30.8 Å². The van der Waals surface area contributed by atoms with Crippen LogP contribution in [-0.2, 0) is 33.8 Å². The molecule has 0 N–H and O–H groups in total. The molecule has 0 saturated carbocycles. The van der Waals surface area contributed by atoms with Crippen molar-refractivity contribution in [1.29, 1.82) is 0 Å². The molecular formula is C14H27LiO3Zn. The van der Waals surface area contributed by atoms with Crippen molar-refractivity contribution in [2.75, 3.05) is 0 Å². The fraction of sp³-hybridized carbons (Fsp3) is 0.857. The average Bonchev–Trinajstić information content (AvgIpc) is 2.32. The van der Waals surface area contributed by atoms with Crippen LogP contribution in [-0.4, -0.2) is 11.9 Å². The minimum atomic E-state index is -0.369. The van der Waals surface area contributed by atoms with E-state index < -0.39 is 0 Å². The molecule has 0 amide bonds. The summed E-state index contributed by atoms with van der Waals surface area (Å²) in [6.07, 6.45) is 5.69. The van der Waals surface area contributed by atoms with Crippen LogP contribution in [0.5, 0.6) is 0 Å². The van der Waals surface area contributed by atoms with E-state index in [9.17, 15) is 9.59 Å². The number of esters is 2. The second-order valence-corrected chi connectivity index (χ2v) is 4.83. The van der Waals surface area contributed by atoms with Crippen molar-refractivity contribution in [3.8, 4) is 0 Å². The van der Waals surface area contributed by atoms with Crippen molar-refractivity contribution < 1.29 is 54.1 Å². The van der Waals surface area contributed by atoms with Gasteiger partial charge in [0.15, 0.2) is 0 Å². The Morgan fingerprint density at radius 1 is 0.947 bits per heavy atom. The van der Waals surface area contributed by atoms with Crippen molar-refractivity contribution in [2.24, 2.45) is 11.8 Å². The largest absolute Gasteiger partial charge is 1.00 e. The average molecular weight is 316 g/mol. The standard InChI is InChI=1S/C14H26O3.Li.Zn.H/c1-5-7-9-11(3)13(15)17-14(16)12(4)10-8-6-2;;;/h11-12H,5-10H2,1-4H3;;;/q;+1;;-1. The minimum absolute atomic E-state index is 0. The van der Waals surface area contributed by atoms with E-state index >= 15 is 0 Å². The summed E-state index contributed by atoms with van der Waals surface area (Å²) in [5.41, 5.74) is 0. The van der Waals surface area contributed by atoms with Gasteiger partial charge < -0.3 is 6.16 Å². The van der Waals surface area contributed by atoms with Crippen LogP contribution in [0.15, 0.2) is 0 Å². The molecule has 0 aromatic rings. The maximum atomic E-state index is 11.6. The van der Waals surface area contributed by atoms with E-state index in [-0.39, 0.29) is 63.5 Å². The Labute approximate surface area is 144 Å². The van der Waals surface area contributed by atoms with E-state index in [4.69, 9.17) is 4.74 Å². The second kappa shape index (κ2) is 14.8. The Bertz CT molecular complexity index is 229. The molecule has 3 nitrogen and oxygen atoms in total. The molecule has 0 rings (SSSR count). The van der Waals surface area contributed by atoms with Crippen LogP contribution in [0, 0.1) is 11.8 Å². The van der Waals surface area contributed by atoms with Crippen molar-refractivity contribution in [1.82, 2.24) is 0 Å². The molecule has 0 aromatic carbocycles. The van der Waals surface area contributed by atoms with Crippen molar-refractivity contribution in [3.63, 3.8) is 0 Å². The molecule has 0 spiro atoms. The summed E-state index contributed by atoms with van der Waals surface area (Å²) < 4.78 is 4.89. The maximum Gasteiger partial charge on any atom is 1.00 e. The van der Waals surface area contributed by atoms with Gasteiger partial charge in [0.25, 0.3) is 0 Å². The monoisotopic (exact) mass is 314 g/mol. The molecule has 0 heterocycles. The normalized spacial score (nSPS) is 12.6. The first-order valence-electron chi connectivity index (χ1n) is 6.78. The van der Waals surface area contributed by atoms with Gasteiger partial charge in [-0.3, -0.25) is 9.59 Å². The first kappa shape index (κ1) is 24.4. The van der Waals surface area contributed by atoms with E-state index in [1.54, 1.807) is 0 Å². The molecule has 5 heteroatoms. The Morgan fingerprint density at radius 2 is 1.26 bits per heavy atom. The zero-order chi connectivity index (χ0) is 13.3. The number of ether oxygens (including phenoxy) is 1. The summed E-state index contributed by atoms with van der Waals surface area (Å²) in [5.74, 6) is -1.08. The molecule has 0 bridgehead atoms. The molecule has 0 aliphatic heterocycles. The molecule has 19 heavy (non-hydrogen) atoms. The summed E-state index contributed by atoms with van der Waals surface area (Å²) in [4.78, 5) is 23.2. The molecule has 2 atom stereocenters. The Kier molecular flexibility index (Phi) is 18.9. The summed E-state index contributed by atoms with van der Waals surface area (Å²) >= 11 is 0. The van der Waals surface area contributed by atoms with Gasteiger partial charge in [0.1, 0.15) is 0 Å². The van der Waals surface area contributed by atoms with Gasteiger partial charge in [-0.25, -0.2) is 0 Å². The second-order valence-electron chi connectivity index (χ2n) is 4.83. The van der Waals surface area contributed by atoms with Crippen LogP contribution in [0.4, 0.5) is 0 Å². The quantitative estimate of drug-likeness (QED) is 0.378. The maximum absolute atomic E-state index is 11.6. The minimum Gasteiger partial charge on any atom is -1.00 e. The van der Waals surface area contributed by atoms with E-state index in [0.29, 0.717) is 0 Å². The summed E-state index contributed by atoms with van der Waals surface area (Å²) in [6, 6.07) is 0. The van der Waals surface area contributed by atoms with Gasteiger partial charge in [-0.15, -0.1) is 0 Å². The third-order valence-corrected chi connectivity index (χ3v) is 2.99. The topological polar surface area (TPSA) is 43.4 Å². The predicted octanol–water partition coefficient (Wildman–Crippen LogP) is 0.823. The molecule has 0 fully saturated rings. The van der Waals surface area contributed by atoms with Crippen molar-refractivity contribution >= 4 is 11.9 Å². The molecule has 104 valence electrons. The molecule has 0 aromatic heterocycles. The van der Waals surface area contributed by atoms with Gasteiger partial charge in [0, 0.05) is 19.5 Å². The SMILES string of the molecule is CCCCC(C)C(=O)OC(=O)C(C)CCCC.[H-].[Li+].[Zn]. The zero-order valence-electron chi connectivity index (χ0n) is 14.3. The first-order chi connectivity index (χ1) is 8.02. The first-order valence-corrected chi connectivity index (χ1v) is 6.78. The summed E-state index contributed by atoms with van der Waals surface area (Å²) in [7, 11) is 0. The van der Waals surface area contributed by atoms with Crippen LogP contribution in [0.2, 0.25) is 0 Å². The van der Waals surface area contributed by atoms with E-state index in [1.165, 1.54) is 0 Å². The Balaban J connectivity index is -0.000000427. The third-order valence-electron chi connectivity index (χ3n) is 2.99. The molecular weight excluding hydrogens is 288 g/mol. The number of carbonyl (C=O) groups is 2. The third kappa shape index (κ3) is 11.9. The van der Waals surface area contributed by atoms with Crippen LogP contribution < -0.4 is 18.9 Å². The van der Waals surface area contributed by atoms with E-state index in [1.807, 2.05) is 13.8 Å². The molecule has 0 aliphatic carbocycles. The van der Waals surface area contributed by atoms with Gasteiger partial charge in [-0.05, 0) is 12.8 Å². The summed E-state index contributed by atoms with van der Waals surface area (Å²) in [5, 5.41) is 0. The predicted molar refractivity (Wildman–Crippen MR) is 69.6 cm³/mol. The van der Waals surface area contributed by atoms with Crippen LogP contribution >= 0.6 is 0 Å². The number of unbranched alkanes of at least 4 members (excludes halogenated alkanes) is 2. The van der Waals surface area contributed by atoms with E-state index in [2.05, 4.69) is 13.8 Å². The van der Waals surface area contributed by atoms with Gasteiger partial charge in [0.05, 0.1) is 11.8 Å². The van der Waals surface area contributed by atoms with Crippen molar-refractivity contribution in [2.45, 2.75) is 66.2 Å². The Hall–Kier alpha value is 0.361. The summed E-state index contributed by atoms with van der Waals surface area (Å²) in [6.45, 7) is 7.80. The van der Waals surface area contributed by atoms with E-state index in [0.717, 1.165) is 38.5 Å². The smallest absolute Gasteiger partial charge is 1.00 e. The fourth-order valence-corrected chi connectivity index (χ4v) is 1.56. The number of hydrogen-bond donors (Lipinski definition) is 0. The number of carbonyl (C=O) groups excluding carboxylic acids is 2. The molecule has 0 radical (unpaired) electrons. The van der Waals surface area contributed by atoms with Crippen LogP contribution in [0.3, 0.4) is 0 Å². The molecule has 0 aliphatic rings. The van der Waals surface area contributed by atoms with Gasteiger partial charge in [0.2, 0.25) is 0 Å². The van der Waals surface area contributed by atoms with Crippen LogP contribution in [0.1, 0.15) is 67.6 Å².